The molecular formula is C17H27. The van der Waals surface area contributed by atoms with E-state index in [2.05, 4.69) is 38.1 Å². The molecule has 17 heavy (non-hydrogen) atoms. The molecule has 0 unspecified atom stereocenters. The molecular weight excluding hydrogens is 204 g/mol. The van der Waals surface area contributed by atoms with Crippen LogP contribution in [-0.4, -0.2) is 0 Å². The summed E-state index contributed by atoms with van der Waals surface area (Å²) in [5.74, 6) is 0. The Labute approximate surface area is 107 Å². The Bertz CT molecular complexity index is 271. The molecule has 1 radical (unpaired) electrons. The Morgan fingerprint density at radius 1 is 0.765 bits per heavy atom. The number of rotatable bonds is 9. The van der Waals surface area contributed by atoms with Crippen LogP contribution in [0, 0.1) is 6.92 Å². The van der Waals surface area contributed by atoms with Crippen LogP contribution in [0.5, 0.6) is 0 Å². The summed E-state index contributed by atoms with van der Waals surface area (Å²) in [6.45, 7) is 6.16. The molecule has 1 rings (SSSR count). The summed E-state index contributed by atoms with van der Waals surface area (Å²) in [5, 5.41) is 0. The van der Waals surface area contributed by atoms with Crippen LogP contribution in [0.3, 0.4) is 0 Å². The van der Waals surface area contributed by atoms with Crippen LogP contribution in [0.1, 0.15) is 63.0 Å². The van der Waals surface area contributed by atoms with Gasteiger partial charge in [0.05, 0.1) is 0 Å². The molecule has 0 atom stereocenters. The van der Waals surface area contributed by atoms with Crippen LogP contribution in [-0.2, 0) is 12.8 Å². The normalized spacial score (nSPS) is 10.7. The van der Waals surface area contributed by atoms with E-state index in [-0.39, 0.29) is 0 Å². The third-order valence-corrected chi connectivity index (χ3v) is 3.31. The maximum absolute atomic E-state index is 3.89. The minimum Gasteiger partial charge on any atom is -0.0654 e. The van der Waals surface area contributed by atoms with E-state index < -0.39 is 0 Å². The highest BCUT2D eigenvalue weighted by Gasteiger charge is 1.95. The lowest BCUT2D eigenvalue weighted by Gasteiger charge is -2.04. The zero-order valence-corrected chi connectivity index (χ0v) is 11.4. The van der Waals surface area contributed by atoms with Crippen molar-refractivity contribution < 1.29 is 0 Å². The second-order valence-electron chi connectivity index (χ2n) is 4.94. The largest absolute Gasteiger partial charge is 0.0654 e. The number of benzene rings is 1. The summed E-state index contributed by atoms with van der Waals surface area (Å²) in [6, 6.07) is 9.10. The van der Waals surface area contributed by atoms with Gasteiger partial charge in [-0.1, -0.05) is 70.2 Å². The van der Waals surface area contributed by atoms with Gasteiger partial charge in [0.25, 0.3) is 0 Å². The monoisotopic (exact) mass is 231 g/mol. The van der Waals surface area contributed by atoms with Gasteiger partial charge in [-0.25, -0.2) is 0 Å². The van der Waals surface area contributed by atoms with Gasteiger partial charge in [0.15, 0.2) is 0 Å². The molecule has 0 heterocycles. The first-order chi connectivity index (χ1) is 8.36. The van der Waals surface area contributed by atoms with Gasteiger partial charge in [-0.3, -0.25) is 0 Å². The highest BCUT2D eigenvalue weighted by molar-refractivity contribution is 5.22. The Hall–Kier alpha value is -0.780. The van der Waals surface area contributed by atoms with Crippen molar-refractivity contribution in [3.8, 4) is 0 Å². The Balaban J connectivity index is 2.14. The summed E-state index contributed by atoms with van der Waals surface area (Å²) in [7, 11) is 0. The molecule has 0 fully saturated rings. The van der Waals surface area contributed by atoms with Crippen LogP contribution in [0.25, 0.3) is 0 Å². The van der Waals surface area contributed by atoms with E-state index in [1.165, 1.54) is 56.1 Å². The molecule has 0 nitrogen and oxygen atoms in total. The van der Waals surface area contributed by atoms with Crippen molar-refractivity contribution in [2.75, 3.05) is 0 Å². The number of aryl methyl sites for hydroxylation is 2. The van der Waals surface area contributed by atoms with Crippen molar-refractivity contribution in [1.82, 2.24) is 0 Å². The first kappa shape index (κ1) is 14.3. The van der Waals surface area contributed by atoms with Crippen LogP contribution < -0.4 is 0 Å². The molecule has 0 N–H and O–H groups in total. The summed E-state index contributed by atoms with van der Waals surface area (Å²) >= 11 is 0. The minimum absolute atomic E-state index is 0.997. The van der Waals surface area contributed by atoms with E-state index in [1.807, 2.05) is 0 Å². The molecule has 95 valence electrons. The quantitative estimate of drug-likeness (QED) is 0.502. The van der Waals surface area contributed by atoms with Gasteiger partial charge in [-0.15, -0.1) is 0 Å². The zero-order valence-electron chi connectivity index (χ0n) is 11.4. The molecule has 0 saturated heterocycles. The molecule has 0 bridgehead atoms. The summed E-state index contributed by atoms with van der Waals surface area (Å²) in [5.41, 5.74) is 2.92. The highest BCUT2D eigenvalue weighted by Crippen LogP contribution is 2.11. The van der Waals surface area contributed by atoms with Gasteiger partial charge in [0.2, 0.25) is 0 Å². The Morgan fingerprint density at radius 3 is 1.88 bits per heavy atom. The lowest BCUT2D eigenvalue weighted by molar-refractivity contribution is 0.607. The SMILES string of the molecule is [CH2]CCc1ccc(CCCCCCCC)cc1. The van der Waals surface area contributed by atoms with Crippen molar-refractivity contribution in [1.29, 1.82) is 0 Å². The average molecular weight is 231 g/mol. The summed E-state index contributed by atoms with van der Waals surface area (Å²) in [4.78, 5) is 0. The second-order valence-corrected chi connectivity index (χ2v) is 4.94. The summed E-state index contributed by atoms with van der Waals surface area (Å²) in [6.07, 6.45) is 11.7. The molecule has 0 aliphatic carbocycles. The van der Waals surface area contributed by atoms with E-state index in [0.29, 0.717) is 0 Å². The van der Waals surface area contributed by atoms with Gasteiger partial charge in [-0.2, -0.15) is 0 Å². The third-order valence-electron chi connectivity index (χ3n) is 3.31. The first-order valence-electron chi connectivity index (χ1n) is 7.24. The fourth-order valence-electron chi connectivity index (χ4n) is 2.19. The van der Waals surface area contributed by atoms with Crippen molar-refractivity contribution in [2.45, 2.75) is 64.7 Å². The number of hydrogen-bond donors (Lipinski definition) is 0. The standard InChI is InChI=1S/C17H27/c1-3-5-6-7-8-9-11-17-14-12-16(10-4-2)13-15-17/h12-15H,2-11H2,1H3. The smallest absolute Gasteiger partial charge is 0.0279 e. The molecule has 0 aliphatic heterocycles. The van der Waals surface area contributed by atoms with Gasteiger partial charge in [0, 0.05) is 0 Å². The van der Waals surface area contributed by atoms with Crippen molar-refractivity contribution in [3.05, 3.63) is 42.3 Å². The van der Waals surface area contributed by atoms with E-state index in [0.717, 1.165) is 12.8 Å². The van der Waals surface area contributed by atoms with Crippen LogP contribution in [0.4, 0.5) is 0 Å². The van der Waals surface area contributed by atoms with Gasteiger partial charge >= 0.3 is 0 Å². The molecule has 0 saturated carbocycles. The fraction of sp³-hybridized carbons (Fsp3) is 0.588. The van der Waals surface area contributed by atoms with Gasteiger partial charge in [0.1, 0.15) is 0 Å². The Morgan fingerprint density at radius 2 is 1.29 bits per heavy atom. The fourth-order valence-corrected chi connectivity index (χ4v) is 2.19. The molecule has 0 spiro atoms. The third kappa shape index (κ3) is 6.51. The van der Waals surface area contributed by atoms with E-state index in [1.54, 1.807) is 0 Å². The molecule has 1 aromatic rings. The van der Waals surface area contributed by atoms with Crippen LogP contribution in [0.15, 0.2) is 24.3 Å². The zero-order chi connectivity index (χ0) is 12.3. The van der Waals surface area contributed by atoms with E-state index in [9.17, 15) is 0 Å². The molecule has 0 heteroatoms. The van der Waals surface area contributed by atoms with Gasteiger partial charge in [-0.05, 0) is 36.8 Å². The predicted molar refractivity (Wildman–Crippen MR) is 77.2 cm³/mol. The second kappa shape index (κ2) is 9.27. The van der Waals surface area contributed by atoms with E-state index in [4.69, 9.17) is 0 Å². The minimum atomic E-state index is 0.997. The summed E-state index contributed by atoms with van der Waals surface area (Å²) < 4.78 is 0. The predicted octanol–water partition coefficient (Wildman–Crippen LogP) is 5.36. The molecule has 1 aromatic carbocycles. The van der Waals surface area contributed by atoms with Crippen LogP contribution in [0.2, 0.25) is 0 Å². The van der Waals surface area contributed by atoms with Crippen molar-refractivity contribution >= 4 is 0 Å². The topological polar surface area (TPSA) is 0 Å². The average Bonchev–Trinajstić information content (AvgIpc) is 2.36. The maximum atomic E-state index is 3.89. The molecule has 0 aliphatic rings. The van der Waals surface area contributed by atoms with E-state index >= 15 is 0 Å². The van der Waals surface area contributed by atoms with Crippen LogP contribution >= 0.6 is 0 Å². The van der Waals surface area contributed by atoms with Crippen molar-refractivity contribution in [3.63, 3.8) is 0 Å². The molecule has 0 amide bonds. The Kier molecular flexibility index (Phi) is 7.79. The highest BCUT2D eigenvalue weighted by atomic mass is 14.0. The first-order valence-corrected chi connectivity index (χ1v) is 7.24. The maximum Gasteiger partial charge on any atom is -0.0279 e. The number of unbranched alkanes of at least 4 members (excludes halogenated alkanes) is 5. The lowest BCUT2D eigenvalue weighted by Crippen LogP contribution is -1.88. The van der Waals surface area contributed by atoms with Crippen molar-refractivity contribution in [2.24, 2.45) is 0 Å². The molecule has 0 aromatic heterocycles. The lowest BCUT2D eigenvalue weighted by atomic mass is 10.0. The number of hydrogen-bond acceptors (Lipinski definition) is 0. The van der Waals surface area contributed by atoms with Gasteiger partial charge < -0.3 is 0 Å².